The second-order valence-corrected chi connectivity index (χ2v) is 5.71. The molecule has 92 valence electrons. The van der Waals surface area contributed by atoms with Gasteiger partial charge in [0.25, 0.3) is 0 Å². The highest BCUT2D eigenvalue weighted by molar-refractivity contribution is 7.90. The van der Waals surface area contributed by atoms with Crippen LogP contribution in [-0.2, 0) is 14.8 Å². The Morgan fingerprint density at radius 3 is 2.53 bits per heavy atom. The Labute approximate surface area is 100 Å². The normalized spacial score (nSPS) is 18.4. The topological polar surface area (TPSA) is 63.7 Å². The summed E-state index contributed by atoms with van der Waals surface area (Å²) in [5, 5.41) is 0. The van der Waals surface area contributed by atoms with Crippen LogP contribution in [0.3, 0.4) is 0 Å². The van der Waals surface area contributed by atoms with E-state index in [0.717, 1.165) is 4.31 Å². The standard InChI is InChI=1S/C11H13NO4S/c13-11-6-9-17(14,15)12(11)7-8-16-10-4-2-1-3-5-10/h1-5H,6-9H2. The number of carbonyl (C=O) groups excluding carboxylic acids is 1. The minimum atomic E-state index is -3.39. The maximum absolute atomic E-state index is 11.5. The van der Waals surface area contributed by atoms with Gasteiger partial charge in [-0.1, -0.05) is 18.2 Å². The molecule has 5 nitrogen and oxygen atoms in total. The highest BCUT2D eigenvalue weighted by Gasteiger charge is 2.34. The van der Waals surface area contributed by atoms with E-state index in [2.05, 4.69) is 0 Å². The molecule has 1 aliphatic heterocycles. The molecule has 0 atom stereocenters. The summed E-state index contributed by atoms with van der Waals surface area (Å²) in [4.78, 5) is 11.3. The van der Waals surface area contributed by atoms with Gasteiger partial charge in [0.05, 0.1) is 12.3 Å². The number of amides is 1. The first-order valence-corrected chi connectivity index (χ1v) is 6.91. The van der Waals surface area contributed by atoms with E-state index in [-0.39, 0.29) is 31.2 Å². The van der Waals surface area contributed by atoms with Crippen LogP contribution in [0, 0.1) is 0 Å². The molecule has 0 radical (unpaired) electrons. The van der Waals surface area contributed by atoms with Gasteiger partial charge in [-0.2, -0.15) is 0 Å². The van der Waals surface area contributed by atoms with Crippen molar-refractivity contribution in [3.8, 4) is 5.75 Å². The first kappa shape index (κ1) is 11.9. The van der Waals surface area contributed by atoms with E-state index < -0.39 is 10.0 Å². The third-order valence-corrected chi connectivity index (χ3v) is 4.27. The van der Waals surface area contributed by atoms with E-state index in [9.17, 15) is 13.2 Å². The SMILES string of the molecule is O=C1CCS(=O)(=O)N1CCOc1ccccc1. The van der Waals surface area contributed by atoms with Gasteiger partial charge in [-0.3, -0.25) is 4.79 Å². The van der Waals surface area contributed by atoms with Crippen LogP contribution in [0.4, 0.5) is 0 Å². The van der Waals surface area contributed by atoms with Gasteiger partial charge in [0.1, 0.15) is 12.4 Å². The minimum Gasteiger partial charge on any atom is -0.492 e. The number of carbonyl (C=O) groups is 1. The Morgan fingerprint density at radius 1 is 1.24 bits per heavy atom. The van der Waals surface area contributed by atoms with Crippen molar-refractivity contribution in [3.63, 3.8) is 0 Å². The molecular weight excluding hydrogens is 242 g/mol. The molecule has 1 amide bonds. The molecule has 0 bridgehead atoms. The number of rotatable bonds is 4. The largest absolute Gasteiger partial charge is 0.492 e. The van der Waals surface area contributed by atoms with Crippen LogP contribution in [-0.4, -0.2) is 37.5 Å². The summed E-state index contributed by atoms with van der Waals surface area (Å²) < 4.78 is 29.2. The summed E-state index contributed by atoms with van der Waals surface area (Å²) in [5.74, 6) is 0.232. The zero-order chi connectivity index (χ0) is 12.3. The van der Waals surface area contributed by atoms with Crippen molar-refractivity contribution in [2.45, 2.75) is 6.42 Å². The molecular formula is C11H13NO4S. The number of nitrogens with zero attached hydrogens (tertiary/aromatic N) is 1. The van der Waals surface area contributed by atoms with Crippen LogP contribution in [0.25, 0.3) is 0 Å². The van der Waals surface area contributed by atoms with Crippen molar-refractivity contribution in [1.82, 2.24) is 4.31 Å². The van der Waals surface area contributed by atoms with E-state index in [4.69, 9.17) is 4.74 Å². The summed E-state index contributed by atoms with van der Waals surface area (Å²) in [6.07, 6.45) is 0.0771. The molecule has 1 heterocycles. The lowest BCUT2D eigenvalue weighted by Crippen LogP contribution is -2.33. The summed E-state index contributed by atoms with van der Waals surface area (Å²) >= 11 is 0. The van der Waals surface area contributed by atoms with Gasteiger partial charge in [-0.25, -0.2) is 12.7 Å². The molecule has 1 aliphatic rings. The zero-order valence-corrected chi connectivity index (χ0v) is 10.0. The summed E-state index contributed by atoms with van der Waals surface area (Å²) in [6.45, 7) is 0.255. The van der Waals surface area contributed by atoms with Crippen LogP contribution >= 0.6 is 0 Å². The first-order valence-electron chi connectivity index (χ1n) is 5.31. The van der Waals surface area contributed by atoms with Crippen LogP contribution in [0.5, 0.6) is 5.75 Å². The molecule has 2 rings (SSSR count). The Hall–Kier alpha value is -1.56. The summed E-state index contributed by atoms with van der Waals surface area (Å²) in [7, 11) is -3.39. The van der Waals surface area contributed by atoms with Gasteiger partial charge in [0.2, 0.25) is 15.9 Å². The summed E-state index contributed by atoms with van der Waals surface area (Å²) in [6, 6.07) is 9.07. The molecule has 0 aliphatic carbocycles. The van der Waals surface area contributed by atoms with Crippen molar-refractivity contribution in [2.75, 3.05) is 18.9 Å². The highest BCUT2D eigenvalue weighted by Crippen LogP contribution is 2.15. The Balaban J connectivity index is 1.89. The average Bonchev–Trinajstić information content (AvgIpc) is 2.57. The van der Waals surface area contributed by atoms with Crippen LogP contribution in [0.2, 0.25) is 0 Å². The fraction of sp³-hybridized carbons (Fsp3) is 0.364. The predicted octanol–water partition coefficient (Wildman–Crippen LogP) is 0.627. The lowest BCUT2D eigenvalue weighted by atomic mass is 10.3. The molecule has 1 aromatic rings. The molecule has 0 N–H and O–H groups in total. The number of ether oxygens (including phenoxy) is 1. The number of benzene rings is 1. The van der Waals surface area contributed by atoms with Gasteiger partial charge < -0.3 is 4.74 Å². The Morgan fingerprint density at radius 2 is 1.94 bits per heavy atom. The molecule has 0 aromatic heterocycles. The van der Waals surface area contributed by atoms with Gasteiger partial charge in [0.15, 0.2) is 0 Å². The predicted molar refractivity (Wildman–Crippen MR) is 62.1 cm³/mol. The second kappa shape index (κ2) is 4.75. The third kappa shape index (κ3) is 2.76. The number of hydrogen-bond acceptors (Lipinski definition) is 4. The Kier molecular flexibility index (Phi) is 3.33. The molecule has 0 saturated carbocycles. The lowest BCUT2D eigenvalue weighted by Gasteiger charge is -2.15. The zero-order valence-electron chi connectivity index (χ0n) is 9.20. The maximum Gasteiger partial charge on any atom is 0.237 e. The van der Waals surface area contributed by atoms with Gasteiger partial charge in [-0.15, -0.1) is 0 Å². The van der Waals surface area contributed by atoms with E-state index >= 15 is 0 Å². The second-order valence-electron chi connectivity index (χ2n) is 3.69. The quantitative estimate of drug-likeness (QED) is 0.791. The Bertz CT molecular complexity index is 497. The van der Waals surface area contributed by atoms with Crippen molar-refractivity contribution < 1.29 is 17.9 Å². The number of hydrogen-bond donors (Lipinski definition) is 0. The summed E-state index contributed by atoms with van der Waals surface area (Å²) in [5.41, 5.74) is 0. The van der Waals surface area contributed by atoms with Gasteiger partial charge in [0, 0.05) is 6.42 Å². The molecule has 1 aromatic carbocycles. The molecule has 1 fully saturated rings. The van der Waals surface area contributed by atoms with Crippen LogP contribution in [0.15, 0.2) is 30.3 Å². The number of sulfonamides is 1. The molecule has 0 unspecified atom stereocenters. The highest BCUT2D eigenvalue weighted by atomic mass is 32.2. The minimum absolute atomic E-state index is 0.0771. The fourth-order valence-electron chi connectivity index (χ4n) is 1.63. The van der Waals surface area contributed by atoms with E-state index in [1.807, 2.05) is 18.2 Å². The smallest absolute Gasteiger partial charge is 0.237 e. The molecule has 1 saturated heterocycles. The molecule has 17 heavy (non-hydrogen) atoms. The number of para-hydroxylation sites is 1. The molecule has 6 heteroatoms. The lowest BCUT2D eigenvalue weighted by molar-refractivity contribution is -0.125. The van der Waals surface area contributed by atoms with E-state index in [0.29, 0.717) is 5.75 Å². The van der Waals surface area contributed by atoms with Gasteiger partial charge in [-0.05, 0) is 12.1 Å². The van der Waals surface area contributed by atoms with Crippen LogP contribution in [0.1, 0.15) is 6.42 Å². The molecule has 0 spiro atoms. The van der Waals surface area contributed by atoms with E-state index in [1.54, 1.807) is 12.1 Å². The van der Waals surface area contributed by atoms with Crippen molar-refractivity contribution in [2.24, 2.45) is 0 Å². The monoisotopic (exact) mass is 255 g/mol. The van der Waals surface area contributed by atoms with Gasteiger partial charge >= 0.3 is 0 Å². The van der Waals surface area contributed by atoms with Crippen molar-refractivity contribution in [1.29, 1.82) is 0 Å². The average molecular weight is 255 g/mol. The van der Waals surface area contributed by atoms with Crippen molar-refractivity contribution >= 4 is 15.9 Å². The maximum atomic E-state index is 11.5. The third-order valence-electron chi connectivity index (χ3n) is 2.49. The van der Waals surface area contributed by atoms with Crippen molar-refractivity contribution in [3.05, 3.63) is 30.3 Å². The fourth-order valence-corrected chi connectivity index (χ4v) is 3.04. The first-order chi connectivity index (χ1) is 8.09. The van der Waals surface area contributed by atoms with Crippen LogP contribution < -0.4 is 4.74 Å². The van der Waals surface area contributed by atoms with E-state index in [1.165, 1.54) is 0 Å².